The third-order valence-corrected chi connectivity index (χ3v) is 2.38. The first kappa shape index (κ1) is 11.6. The van der Waals surface area contributed by atoms with E-state index in [1.165, 1.54) is 0 Å². The van der Waals surface area contributed by atoms with Gasteiger partial charge in [-0.1, -0.05) is 0 Å². The van der Waals surface area contributed by atoms with Crippen LogP contribution in [0.1, 0.15) is 23.6 Å². The Balaban J connectivity index is 2.53. The molecule has 1 aliphatic rings. The maximum Gasteiger partial charge on any atom is 0.325 e. The van der Waals surface area contributed by atoms with Crippen molar-refractivity contribution in [1.29, 1.82) is 0 Å². The summed E-state index contributed by atoms with van der Waals surface area (Å²) in [5.74, 6) is -1.12. The predicted molar refractivity (Wildman–Crippen MR) is 52.1 cm³/mol. The van der Waals surface area contributed by atoms with E-state index in [1.807, 2.05) is 0 Å². The number of carboxylic acids is 1. The van der Waals surface area contributed by atoms with E-state index >= 15 is 0 Å². The van der Waals surface area contributed by atoms with Crippen molar-refractivity contribution < 1.29 is 28.2 Å². The number of halogens is 2. The molecule has 0 bridgehead atoms. The zero-order valence-corrected chi connectivity index (χ0v) is 8.52. The van der Waals surface area contributed by atoms with Gasteiger partial charge in [0.2, 0.25) is 6.79 Å². The van der Waals surface area contributed by atoms with Crippen LogP contribution in [-0.4, -0.2) is 17.9 Å². The summed E-state index contributed by atoms with van der Waals surface area (Å²) in [6.07, 6.45) is -2.73. The fraction of sp³-hybridized carbons (Fsp3) is 0.300. The average molecular weight is 245 g/mol. The summed E-state index contributed by atoms with van der Waals surface area (Å²) >= 11 is 0. The van der Waals surface area contributed by atoms with Crippen LogP contribution in [0.4, 0.5) is 8.78 Å². The number of nitrogens with two attached hydrogens (primary N) is 1. The van der Waals surface area contributed by atoms with Crippen molar-refractivity contribution in [2.24, 2.45) is 5.73 Å². The molecule has 0 saturated heterocycles. The van der Waals surface area contributed by atoms with Crippen molar-refractivity contribution in [3.05, 3.63) is 23.3 Å². The molecular weight excluding hydrogens is 236 g/mol. The van der Waals surface area contributed by atoms with E-state index in [9.17, 15) is 13.6 Å². The van der Waals surface area contributed by atoms with E-state index in [1.54, 1.807) is 0 Å². The van der Waals surface area contributed by atoms with E-state index in [-0.39, 0.29) is 29.4 Å². The molecule has 2 rings (SSSR count). The second kappa shape index (κ2) is 4.17. The van der Waals surface area contributed by atoms with Gasteiger partial charge in [-0.05, 0) is 12.1 Å². The molecule has 92 valence electrons. The molecule has 1 aromatic rings. The van der Waals surface area contributed by atoms with Crippen LogP contribution in [0.5, 0.6) is 11.5 Å². The highest BCUT2D eigenvalue weighted by Gasteiger charge is 2.28. The largest absolute Gasteiger partial charge is 0.480 e. The third-order valence-electron chi connectivity index (χ3n) is 2.38. The van der Waals surface area contributed by atoms with Gasteiger partial charge >= 0.3 is 5.97 Å². The van der Waals surface area contributed by atoms with Gasteiger partial charge in [0.25, 0.3) is 6.43 Å². The summed E-state index contributed by atoms with van der Waals surface area (Å²) in [5, 5.41) is 8.79. The number of carbonyl (C=O) groups is 1. The molecule has 1 aromatic carbocycles. The Morgan fingerprint density at radius 3 is 2.71 bits per heavy atom. The van der Waals surface area contributed by atoms with E-state index in [2.05, 4.69) is 0 Å². The first-order chi connectivity index (χ1) is 8.00. The van der Waals surface area contributed by atoms with Crippen LogP contribution < -0.4 is 15.2 Å². The van der Waals surface area contributed by atoms with Gasteiger partial charge in [-0.15, -0.1) is 0 Å². The molecule has 17 heavy (non-hydrogen) atoms. The molecule has 0 saturated carbocycles. The Labute approximate surface area is 94.7 Å². The van der Waals surface area contributed by atoms with Crippen LogP contribution in [-0.2, 0) is 4.79 Å². The number of alkyl halides is 2. The molecule has 0 spiro atoms. The standard InChI is InChI=1S/C10H9F2NO4/c11-9(12)4-1-5(7(13)10(14)15)8-6(2-4)16-3-17-8/h1-2,7,9H,3,13H2,(H,14,15). The minimum absolute atomic E-state index is 0.0113. The minimum Gasteiger partial charge on any atom is -0.480 e. The maximum absolute atomic E-state index is 12.6. The van der Waals surface area contributed by atoms with E-state index < -0.39 is 18.4 Å². The smallest absolute Gasteiger partial charge is 0.325 e. The Morgan fingerprint density at radius 2 is 2.12 bits per heavy atom. The normalized spacial score (nSPS) is 15.1. The zero-order chi connectivity index (χ0) is 12.6. The highest BCUT2D eigenvalue weighted by molar-refractivity contribution is 5.77. The molecule has 3 N–H and O–H groups in total. The zero-order valence-electron chi connectivity index (χ0n) is 8.52. The second-order valence-corrected chi connectivity index (χ2v) is 3.46. The van der Waals surface area contributed by atoms with Crippen LogP contribution in [0.2, 0.25) is 0 Å². The Morgan fingerprint density at radius 1 is 1.41 bits per heavy atom. The molecule has 1 atom stereocenters. The van der Waals surface area contributed by atoms with Gasteiger partial charge < -0.3 is 20.3 Å². The number of ether oxygens (including phenoxy) is 2. The number of benzene rings is 1. The number of hydrogen-bond acceptors (Lipinski definition) is 4. The average Bonchev–Trinajstić information content (AvgIpc) is 2.74. The summed E-state index contributed by atoms with van der Waals surface area (Å²) in [5.41, 5.74) is 5.04. The van der Waals surface area contributed by atoms with E-state index in [4.69, 9.17) is 20.3 Å². The lowest BCUT2D eigenvalue weighted by Gasteiger charge is -2.12. The topological polar surface area (TPSA) is 81.8 Å². The number of carboxylic acid groups (broad SMARTS) is 1. The van der Waals surface area contributed by atoms with E-state index in [0.29, 0.717) is 0 Å². The fourth-order valence-corrected chi connectivity index (χ4v) is 1.55. The van der Waals surface area contributed by atoms with Gasteiger partial charge in [0.1, 0.15) is 6.04 Å². The van der Waals surface area contributed by atoms with Crippen molar-refractivity contribution in [3.63, 3.8) is 0 Å². The van der Waals surface area contributed by atoms with Gasteiger partial charge in [-0.2, -0.15) is 0 Å². The van der Waals surface area contributed by atoms with Gasteiger partial charge in [0.15, 0.2) is 11.5 Å². The lowest BCUT2D eigenvalue weighted by Crippen LogP contribution is -2.21. The van der Waals surface area contributed by atoms with Crippen molar-refractivity contribution >= 4 is 5.97 Å². The fourth-order valence-electron chi connectivity index (χ4n) is 1.55. The highest BCUT2D eigenvalue weighted by atomic mass is 19.3. The lowest BCUT2D eigenvalue weighted by atomic mass is 10.0. The summed E-state index contributed by atoms with van der Waals surface area (Å²) in [7, 11) is 0. The Kier molecular flexibility index (Phi) is 2.84. The second-order valence-electron chi connectivity index (χ2n) is 3.46. The van der Waals surface area contributed by atoms with Gasteiger partial charge in [0, 0.05) is 11.1 Å². The summed E-state index contributed by atoms with van der Waals surface area (Å²) < 4.78 is 35.2. The molecule has 0 aliphatic carbocycles. The SMILES string of the molecule is NC(C(=O)O)c1cc(C(F)F)cc2c1OCO2. The summed E-state index contributed by atoms with van der Waals surface area (Å²) in [6.45, 7) is -0.138. The van der Waals surface area contributed by atoms with Crippen LogP contribution in [0.25, 0.3) is 0 Å². The molecule has 7 heteroatoms. The third kappa shape index (κ3) is 2.01. The van der Waals surface area contributed by atoms with Gasteiger partial charge in [-0.25, -0.2) is 8.78 Å². The van der Waals surface area contributed by atoms with Crippen LogP contribution in [0.15, 0.2) is 12.1 Å². The predicted octanol–water partition coefficient (Wildman–Crippen LogP) is 1.44. The van der Waals surface area contributed by atoms with Crippen molar-refractivity contribution in [3.8, 4) is 11.5 Å². The van der Waals surface area contributed by atoms with E-state index in [0.717, 1.165) is 12.1 Å². The minimum atomic E-state index is -2.73. The number of aliphatic carboxylic acids is 1. The first-order valence-corrected chi connectivity index (χ1v) is 4.70. The number of fused-ring (bicyclic) bond motifs is 1. The van der Waals surface area contributed by atoms with Crippen molar-refractivity contribution in [2.45, 2.75) is 12.5 Å². The first-order valence-electron chi connectivity index (χ1n) is 4.70. The molecule has 0 fully saturated rings. The molecule has 0 amide bonds. The van der Waals surface area contributed by atoms with Crippen molar-refractivity contribution in [1.82, 2.24) is 0 Å². The molecule has 1 unspecified atom stereocenters. The molecule has 0 aromatic heterocycles. The Bertz CT molecular complexity index is 464. The molecule has 0 radical (unpaired) electrons. The van der Waals surface area contributed by atoms with Crippen molar-refractivity contribution in [2.75, 3.05) is 6.79 Å². The molecular formula is C10H9F2NO4. The maximum atomic E-state index is 12.6. The van der Waals surface area contributed by atoms with Crippen LogP contribution >= 0.6 is 0 Å². The lowest BCUT2D eigenvalue weighted by molar-refractivity contribution is -0.138. The molecule has 5 nitrogen and oxygen atoms in total. The van der Waals surface area contributed by atoms with Crippen LogP contribution in [0.3, 0.4) is 0 Å². The van der Waals surface area contributed by atoms with Gasteiger partial charge in [0.05, 0.1) is 0 Å². The highest BCUT2D eigenvalue weighted by Crippen LogP contribution is 2.41. The number of rotatable bonds is 3. The summed E-state index contributed by atoms with van der Waals surface area (Å²) in [6, 6.07) is 0.714. The van der Waals surface area contributed by atoms with Crippen LogP contribution in [0, 0.1) is 0 Å². The number of hydrogen-bond donors (Lipinski definition) is 2. The quantitative estimate of drug-likeness (QED) is 0.841. The Hall–Kier alpha value is -1.89. The van der Waals surface area contributed by atoms with Gasteiger partial charge in [-0.3, -0.25) is 4.79 Å². The monoisotopic (exact) mass is 245 g/mol. The molecule has 1 heterocycles. The molecule has 1 aliphatic heterocycles. The summed E-state index contributed by atoms with van der Waals surface area (Å²) in [4.78, 5) is 10.8.